The van der Waals surface area contributed by atoms with Gasteiger partial charge in [-0.15, -0.1) is 0 Å². The van der Waals surface area contributed by atoms with Crippen molar-refractivity contribution in [3.63, 3.8) is 0 Å². The molecule has 1 aromatic carbocycles. The lowest BCUT2D eigenvalue weighted by atomic mass is 9.89. The maximum atomic E-state index is 2.35. The molecular weight excluding hydrogens is 192 g/mol. The molecule has 0 amide bonds. The first-order valence-corrected chi connectivity index (χ1v) is 6.28. The molecule has 16 heavy (non-hydrogen) atoms. The van der Waals surface area contributed by atoms with E-state index in [2.05, 4.69) is 64.1 Å². The van der Waals surface area contributed by atoms with Crippen LogP contribution in [-0.2, 0) is 0 Å². The van der Waals surface area contributed by atoms with Crippen molar-refractivity contribution < 1.29 is 0 Å². The Labute approximate surface area is 100 Å². The highest BCUT2D eigenvalue weighted by molar-refractivity contribution is 5.18. The molecule has 0 saturated heterocycles. The molecule has 0 N–H and O–H groups in total. The molecule has 0 heteroatoms. The minimum absolute atomic E-state index is 0.668. The first kappa shape index (κ1) is 13.0. The van der Waals surface area contributed by atoms with E-state index < -0.39 is 0 Å². The summed E-state index contributed by atoms with van der Waals surface area (Å²) in [6.07, 6.45) is 4.83. The lowest BCUT2D eigenvalue weighted by Crippen LogP contribution is -2.01. The van der Waals surface area contributed by atoms with Crippen LogP contribution in [0.5, 0.6) is 0 Å². The van der Waals surface area contributed by atoms with Gasteiger partial charge in [-0.3, -0.25) is 0 Å². The molecule has 0 aliphatic carbocycles. The molecule has 0 aromatic heterocycles. The average Bonchev–Trinajstić information content (AvgIpc) is 2.27. The van der Waals surface area contributed by atoms with Crippen molar-refractivity contribution in [3.05, 3.63) is 47.5 Å². The van der Waals surface area contributed by atoms with E-state index in [1.54, 1.807) is 0 Å². The fraction of sp³-hybridized carbons (Fsp3) is 0.500. The molecule has 1 aromatic rings. The molecule has 1 rings (SSSR count). The van der Waals surface area contributed by atoms with Gasteiger partial charge in [0.1, 0.15) is 0 Å². The van der Waals surface area contributed by atoms with Gasteiger partial charge in [-0.2, -0.15) is 0 Å². The maximum Gasteiger partial charge on any atom is -0.0188 e. The Kier molecular flexibility index (Phi) is 5.31. The summed E-state index contributed by atoms with van der Waals surface area (Å²) in [4.78, 5) is 0. The Morgan fingerprint density at radius 3 is 2.31 bits per heavy atom. The van der Waals surface area contributed by atoms with E-state index >= 15 is 0 Å². The molecule has 2 atom stereocenters. The topological polar surface area (TPSA) is 0 Å². The lowest BCUT2D eigenvalue weighted by Gasteiger charge is -2.16. The Morgan fingerprint density at radius 1 is 1.12 bits per heavy atom. The number of hydrogen-bond acceptors (Lipinski definition) is 0. The van der Waals surface area contributed by atoms with Crippen LogP contribution in [0.15, 0.2) is 42.0 Å². The van der Waals surface area contributed by atoms with E-state index in [9.17, 15) is 0 Å². The van der Waals surface area contributed by atoms with Crippen LogP contribution in [0, 0.1) is 5.92 Å². The van der Waals surface area contributed by atoms with Crippen molar-refractivity contribution in [2.45, 2.75) is 46.5 Å². The van der Waals surface area contributed by atoms with Crippen molar-refractivity contribution in [2.75, 3.05) is 0 Å². The summed E-state index contributed by atoms with van der Waals surface area (Å²) in [7, 11) is 0. The smallest absolute Gasteiger partial charge is 0.0188 e. The van der Waals surface area contributed by atoms with Crippen LogP contribution in [0.25, 0.3) is 0 Å². The number of benzene rings is 1. The van der Waals surface area contributed by atoms with Crippen molar-refractivity contribution in [2.24, 2.45) is 5.92 Å². The molecular formula is C16H24. The molecule has 0 aliphatic heterocycles. The molecule has 0 heterocycles. The third-order valence-electron chi connectivity index (χ3n) is 3.05. The monoisotopic (exact) mass is 216 g/mol. The van der Waals surface area contributed by atoms with Crippen LogP contribution in [0.1, 0.15) is 52.0 Å². The third kappa shape index (κ3) is 4.65. The third-order valence-corrected chi connectivity index (χ3v) is 3.05. The van der Waals surface area contributed by atoms with Crippen LogP contribution in [0.4, 0.5) is 0 Å². The van der Waals surface area contributed by atoms with E-state index in [4.69, 9.17) is 0 Å². The first-order chi connectivity index (χ1) is 7.59. The molecule has 0 spiro atoms. The van der Waals surface area contributed by atoms with E-state index in [-0.39, 0.29) is 0 Å². The zero-order chi connectivity index (χ0) is 12.0. The molecule has 0 radical (unpaired) electrons. The molecule has 0 unspecified atom stereocenters. The van der Waals surface area contributed by atoms with Gasteiger partial charge >= 0.3 is 0 Å². The Hall–Kier alpha value is -1.04. The second-order valence-corrected chi connectivity index (χ2v) is 5.17. The fourth-order valence-electron chi connectivity index (χ4n) is 2.05. The Balaban J connectivity index is 2.45. The zero-order valence-electron chi connectivity index (χ0n) is 11.0. The average molecular weight is 216 g/mol. The quantitative estimate of drug-likeness (QED) is 0.595. The van der Waals surface area contributed by atoms with Crippen LogP contribution in [-0.4, -0.2) is 0 Å². The van der Waals surface area contributed by atoms with E-state index in [0.717, 1.165) is 5.92 Å². The summed E-state index contributed by atoms with van der Waals surface area (Å²) in [6, 6.07) is 10.8. The maximum absolute atomic E-state index is 2.35. The number of rotatable bonds is 5. The van der Waals surface area contributed by atoms with Crippen molar-refractivity contribution >= 4 is 0 Å². The number of hydrogen-bond donors (Lipinski definition) is 0. The van der Waals surface area contributed by atoms with Gasteiger partial charge in [0.15, 0.2) is 0 Å². The van der Waals surface area contributed by atoms with Crippen molar-refractivity contribution in [3.8, 4) is 0 Å². The van der Waals surface area contributed by atoms with Crippen LogP contribution >= 0.6 is 0 Å². The predicted molar refractivity (Wildman–Crippen MR) is 72.7 cm³/mol. The minimum atomic E-state index is 0.668. The lowest BCUT2D eigenvalue weighted by molar-refractivity contribution is 0.488. The summed E-state index contributed by atoms with van der Waals surface area (Å²) in [5.41, 5.74) is 2.89. The van der Waals surface area contributed by atoms with E-state index in [1.807, 2.05) is 0 Å². The predicted octanol–water partition coefficient (Wildman–Crippen LogP) is 5.17. The van der Waals surface area contributed by atoms with Gasteiger partial charge in [0.05, 0.1) is 0 Å². The second kappa shape index (κ2) is 6.52. The largest absolute Gasteiger partial charge is 0.0856 e. The summed E-state index contributed by atoms with van der Waals surface area (Å²) in [5, 5.41) is 0. The fourth-order valence-corrected chi connectivity index (χ4v) is 2.05. The number of allylic oxidation sites excluding steroid dienone is 2. The van der Waals surface area contributed by atoms with E-state index in [1.165, 1.54) is 24.0 Å². The summed E-state index contributed by atoms with van der Waals surface area (Å²) in [5.74, 6) is 1.44. The van der Waals surface area contributed by atoms with Gasteiger partial charge in [-0.1, -0.05) is 55.8 Å². The van der Waals surface area contributed by atoms with Gasteiger partial charge in [0, 0.05) is 0 Å². The Bertz CT molecular complexity index is 317. The van der Waals surface area contributed by atoms with Crippen LogP contribution < -0.4 is 0 Å². The van der Waals surface area contributed by atoms with Crippen LogP contribution in [0.2, 0.25) is 0 Å². The van der Waals surface area contributed by atoms with Crippen molar-refractivity contribution in [1.82, 2.24) is 0 Å². The van der Waals surface area contributed by atoms with Gasteiger partial charge in [0.25, 0.3) is 0 Å². The van der Waals surface area contributed by atoms with Gasteiger partial charge in [-0.25, -0.2) is 0 Å². The summed E-state index contributed by atoms with van der Waals surface area (Å²) < 4.78 is 0. The Morgan fingerprint density at radius 2 is 1.75 bits per heavy atom. The second-order valence-electron chi connectivity index (χ2n) is 5.17. The summed E-state index contributed by atoms with van der Waals surface area (Å²) in [6.45, 7) is 9.02. The molecule has 0 fully saturated rings. The van der Waals surface area contributed by atoms with Gasteiger partial charge in [0.2, 0.25) is 0 Å². The molecule has 0 aliphatic rings. The normalized spacial score (nSPS) is 14.2. The highest BCUT2D eigenvalue weighted by Crippen LogP contribution is 2.24. The summed E-state index contributed by atoms with van der Waals surface area (Å²) >= 11 is 0. The molecule has 0 nitrogen and oxygen atoms in total. The van der Waals surface area contributed by atoms with E-state index in [0.29, 0.717) is 5.92 Å². The van der Waals surface area contributed by atoms with Gasteiger partial charge in [-0.05, 0) is 44.1 Å². The zero-order valence-corrected chi connectivity index (χ0v) is 11.0. The standard InChI is InChI=1S/C16H24/c1-13(2)10-11-14(3)12-15(4)16-8-6-5-7-9-16/h5-10,14-15H,11-12H2,1-4H3/t14-,15-/m1/s1. The van der Waals surface area contributed by atoms with Crippen LogP contribution in [0.3, 0.4) is 0 Å². The minimum Gasteiger partial charge on any atom is -0.0856 e. The molecule has 0 saturated carbocycles. The molecule has 88 valence electrons. The molecule has 0 bridgehead atoms. The highest BCUT2D eigenvalue weighted by atomic mass is 14.1. The SMILES string of the molecule is CC(C)=CC[C@@H](C)C[C@@H](C)c1ccccc1. The highest BCUT2D eigenvalue weighted by Gasteiger charge is 2.09. The van der Waals surface area contributed by atoms with Gasteiger partial charge < -0.3 is 0 Å². The van der Waals surface area contributed by atoms with Crippen molar-refractivity contribution in [1.29, 1.82) is 0 Å². The first-order valence-electron chi connectivity index (χ1n) is 6.28.